The van der Waals surface area contributed by atoms with E-state index in [0.717, 1.165) is 15.6 Å². The quantitative estimate of drug-likeness (QED) is 0.433. The normalized spacial score (nSPS) is 24.1. The molecule has 15 heavy (non-hydrogen) atoms. The molecule has 0 amide bonds. The van der Waals surface area contributed by atoms with Crippen LogP contribution < -0.4 is 0 Å². The molecule has 0 fully saturated rings. The van der Waals surface area contributed by atoms with E-state index in [1.165, 1.54) is 0 Å². The Hall–Kier alpha value is -1.03. The molecule has 0 radical (unpaired) electrons. The highest BCUT2D eigenvalue weighted by Crippen LogP contribution is 2.35. The lowest BCUT2D eigenvalue weighted by atomic mass is 9.95. The molecule has 1 aromatic carbocycles. The van der Waals surface area contributed by atoms with Gasteiger partial charge in [0.15, 0.2) is 0 Å². The van der Waals surface area contributed by atoms with Crippen molar-refractivity contribution in [3.8, 4) is 0 Å². The lowest BCUT2D eigenvalue weighted by Gasteiger charge is -2.27. The molecule has 78 valence electrons. The van der Waals surface area contributed by atoms with E-state index in [1.54, 1.807) is 0 Å². The zero-order chi connectivity index (χ0) is 10.8. The maximum atomic E-state index is 8.46. The Kier molecular flexibility index (Phi) is 2.95. The monoisotopic (exact) mass is 267 g/mol. The van der Waals surface area contributed by atoms with Crippen molar-refractivity contribution >= 4 is 15.9 Å². The zero-order valence-electron chi connectivity index (χ0n) is 8.22. The molecule has 1 aromatic rings. The molecule has 1 aliphatic heterocycles. The van der Waals surface area contributed by atoms with Crippen LogP contribution in [0.25, 0.3) is 10.4 Å². The van der Waals surface area contributed by atoms with Gasteiger partial charge in [-0.2, -0.15) is 0 Å². The SMILES string of the molecule is CC1OCC(N=[N+]=[N-])c2ccc(Br)cc21. The summed E-state index contributed by atoms with van der Waals surface area (Å²) in [6, 6.07) is 5.75. The topological polar surface area (TPSA) is 58.0 Å². The summed E-state index contributed by atoms with van der Waals surface area (Å²) in [5, 5.41) is 3.73. The van der Waals surface area contributed by atoms with E-state index in [-0.39, 0.29) is 12.1 Å². The van der Waals surface area contributed by atoms with Crippen molar-refractivity contribution in [3.63, 3.8) is 0 Å². The van der Waals surface area contributed by atoms with Crippen molar-refractivity contribution < 1.29 is 4.74 Å². The first kappa shape index (κ1) is 10.5. The van der Waals surface area contributed by atoms with Gasteiger partial charge in [0.2, 0.25) is 0 Å². The van der Waals surface area contributed by atoms with Crippen LogP contribution in [-0.4, -0.2) is 6.61 Å². The molecule has 0 N–H and O–H groups in total. The van der Waals surface area contributed by atoms with Crippen molar-refractivity contribution in [2.45, 2.75) is 19.1 Å². The largest absolute Gasteiger partial charge is 0.373 e. The Morgan fingerprint density at radius 3 is 3.07 bits per heavy atom. The molecule has 1 aliphatic rings. The predicted octanol–water partition coefficient (Wildman–Crippen LogP) is 3.89. The van der Waals surface area contributed by atoms with Crippen molar-refractivity contribution in [2.75, 3.05) is 6.61 Å². The van der Waals surface area contributed by atoms with Gasteiger partial charge in [-0.05, 0) is 35.7 Å². The summed E-state index contributed by atoms with van der Waals surface area (Å²) in [4.78, 5) is 2.84. The van der Waals surface area contributed by atoms with Crippen LogP contribution in [0.1, 0.15) is 30.2 Å². The molecule has 0 aliphatic carbocycles. The molecule has 2 unspecified atom stereocenters. The number of nitrogens with zero attached hydrogens (tertiary/aromatic N) is 3. The number of ether oxygens (including phenoxy) is 1. The molecular formula is C10H10BrN3O. The van der Waals surface area contributed by atoms with Gasteiger partial charge in [-0.15, -0.1) is 0 Å². The summed E-state index contributed by atoms with van der Waals surface area (Å²) >= 11 is 3.42. The molecule has 0 bridgehead atoms. The van der Waals surface area contributed by atoms with E-state index in [1.807, 2.05) is 25.1 Å². The second-order valence-electron chi connectivity index (χ2n) is 3.47. The van der Waals surface area contributed by atoms with Gasteiger partial charge < -0.3 is 4.74 Å². The highest BCUT2D eigenvalue weighted by molar-refractivity contribution is 9.10. The van der Waals surface area contributed by atoms with Crippen LogP contribution in [0.15, 0.2) is 27.8 Å². The summed E-state index contributed by atoms with van der Waals surface area (Å²) in [5.74, 6) is 0. The average Bonchev–Trinajstić information content (AvgIpc) is 2.23. The fraction of sp³-hybridized carbons (Fsp3) is 0.400. The van der Waals surface area contributed by atoms with E-state index >= 15 is 0 Å². The molecule has 0 spiro atoms. The second-order valence-corrected chi connectivity index (χ2v) is 4.39. The zero-order valence-corrected chi connectivity index (χ0v) is 9.81. The first-order valence-electron chi connectivity index (χ1n) is 4.67. The van der Waals surface area contributed by atoms with Crippen molar-refractivity contribution in [2.24, 2.45) is 5.11 Å². The number of halogens is 1. The fourth-order valence-electron chi connectivity index (χ4n) is 1.77. The Morgan fingerprint density at radius 2 is 2.33 bits per heavy atom. The van der Waals surface area contributed by atoms with E-state index < -0.39 is 0 Å². The highest BCUT2D eigenvalue weighted by Gasteiger charge is 2.24. The first-order valence-corrected chi connectivity index (χ1v) is 5.47. The molecule has 0 aromatic heterocycles. The third-order valence-electron chi connectivity index (χ3n) is 2.54. The van der Waals surface area contributed by atoms with Gasteiger partial charge in [0.05, 0.1) is 18.8 Å². The summed E-state index contributed by atoms with van der Waals surface area (Å²) in [7, 11) is 0. The van der Waals surface area contributed by atoms with Gasteiger partial charge in [-0.25, -0.2) is 0 Å². The van der Waals surface area contributed by atoms with Gasteiger partial charge >= 0.3 is 0 Å². The Balaban J connectivity index is 2.49. The van der Waals surface area contributed by atoms with Crippen LogP contribution in [0.4, 0.5) is 0 Å². The minimum Gasteiger partial charge on any atom is -0.373 e. The molecule has 5 heteroatoms. The highest BCUT2D eigenvalue weighted by atomic mass is 79.9. The Bertz CT molecular complexity index is 429. The predicted molar refractivity (Wildman–Crippen MR) is 60.4 cm³/mol. The summed E-state index contributed by atoms with van der Waals surface area (Å²) < 4.78 is 6.55. The lowest BCUT2D eigenvalue weighted by Crippen LogP contribution is -2.17. The summed E-state index contributed by atoms with van der Waals surface area (Å²) in [6.45, 7) is 2.46. The number of fused-ring (bicyclic) bond motifs is 1. The first-order chi connectivity index (χ1) is 7.22. The van der Waals surface area contributed by atoms with Gasteiger partial charge in [-0.3, -0.25) is 0 Å². The van der Waals surface area contributed by atoms with E-state index in [2.05, 4.69) is 26.0 Å². The smallest absolute Gasteiger partial charge is 0.0863 e. The molecule has 2 atom stereocenters. The lowest BCUT2D eigenvalue weighted by molar-refractivity contribution is 0.0408. The van der Waals surface area contributed by atoms with Gasteiger partial charge in [0.1, 0.15) is 0 Å². The van der Waals surface area contributed by atoms with Gasteiger partial charge in [0.25, 0.3) is 0 Å². The molecule has 1 heterocycles. The molecule has 0 saturated carbocycles. The van der Waals surface area contributed by atoms with Crippen LogP contribution in [0.5, 0.6) is 0 Å². The molecule has 2 rings (SSSR count). The van der Waals surface area contributed by atoms with Crippen molar-refractivity contribution in [1.29, 1.82) is 0 Å². The second kappa shape index (κ2) is 4.23. The number of rotatable bonds is 1. The van der Waals surface area contributed by atoms with Crippen LogP contribution in [-0.2, 0) is 4.74 Å². The van der Waals surface area contributed by atoms with Crippen LogP contribution >= 0.6 is 15.9 Å². The molecular weight excluding hydrogens is 258 g/mol. The fourth-order valence-corrected chi connectivity index (χ4v) is 2.15. The molecule has 0 saturated heterocycles. The molecule has 4 nitrogen and oxygen atoms in total. The van der Waals surface area contributed by atoms with Crippen molar-refractivity contribution in [3.05, 3.63) is 44.2 Å². The maximum absolute atomic E-state index is 8.46. The summed E-state index contributed by atoms with van der Waals surface area (Å²) in [6.07, 6.45) is 0.0580. The number of benzene rings is 1. The summed E-state index contributed by atoms with van der Waals surface area (Å²) in [5.41, 5.74) is 10.6. The minimum absolute atomic E-state index is 0.0580. The van der Waals surface area contributed by atoms with Crippen LogP contribution in [0, 0.1) is 0 Å². The average molecular weight is 268 g/mol. The number of azide groups is 1. The van der Waals surface area contributed by atoms with Crippen LogP contribution in [0.3, 0.4) is 0 Å². The standard InChI is InChI=1S/C10H10BrN3O/c1-6-9-4-7(11)2-3-8(9)10(5-15-6)13-14-12/h2-4,6,10H,5H2,1H3. The van der Waals surface area contributed by atoms with E-state index in [9.17, 15) is 0 Å². The van der Waals surface area contributed by atoms with E-state index in [4.69, 9.17) is 10.3 Å². The van der Waals surface area contributed by atoms with Gasteiger partial charge in [-0.1, -0.05) is 27.1 Å². The number of hydrogen-bond donors (Lipinski definition) is 0. The maximum Gasteiger partial charge on any atom is 0.0863 e. The third-order valence-corrected chi connectivity index (χ3v) is 3.03. The van der Waals surface area contributed by atoms with E-state index in [0.29, 0.717) is 6.61 Å². The van der Waals surface area contributed by atoms with Crippen molar-refractivity contribution in [1.82, 2.24) is 0 Å². The van der Waals surface area contributed by atoms with Gasteiger partial charge in [0, 0.05) is 9.38 Å². The van der Waals surface area contributed by atoms with Crippen LogP contribution in [0.2, 0.25) is 0 Å². The number of hydrogen-bond acceptors (Lipinski definition) is 2. The Morgan fingerprint density at radius 1 is 1.53 bits per heavy atom. The Labute approximate surface area is 96.0 Å². The minimum atomic E-state index is -0.200. The third kappa shape index (κ3) is 2.00.